The third-order valence-corrected chi connectivity index (χ3v) is 5.01. The number of carbonyl (C=O) groups excluding carboxylic acids is 2. The summed E-state index contributed by atoms with van der Waals surface area (Å²) in [7, 11) is 0. The van der Waals surface area contributed by atoms with Crippen LogP contribution in [0.4, 0.5) is 0 Å². The normalized spacial score (nSPS) is 33.5. The average molecular weight is 294 g/mol. The molecule has 2 amide bonds. The van der Waals surface area contributed by atoms with E-state index in [2.05, 4.69) is 0 Å². The fourth-order valence-corrected chi connectivity index (χ4v) is 3.85. The van der Waals surface area contributed by atoms with Gasteiger partial charge in [-0.25, -0.2) is 0 Å². The summed E-state index contributed by atoms with van der Waals surface area (Å²) >= 11 is 0. The summed E-state index contributed by atoms with van der Waals surface area (Å²) in [6.45, 7) is 4.43. The van der Waals surface area contributed by atoms with Gasteiger partial charge in [0.25, 0.3) is 0 Å². The molecule has 2 aliphatic heterocycles. The standard InChI is InChI=1S/C15H22N2O4/c1-15(2)6-3-7-16(12(15)14(20)21)10-8-11(18)17(13(10)19)9-4-5-9/h9-10,12H,3-8H2,1-2H3,(H,20,21). The summed E-state index contributed by atoms with van der Waals surface area (Å²) in [5, 5.41) is 9.59. The van der Waals surface area contributed by atoms with Crippen LogP contribution in [0.25, 0.3) is 0 Å². The number of rotatable bonds is 3. The molecule has 116 valence electrons. The molecule has 0 aromatic heterocycles. The number of piperidine rings is 1. The number of aliphatic carboxylic acids is 1. The van der Waals surface area contributed by atoms with Crippen molar-refractivity contribution in [1.29, 1.82) is 0 Å². The molecule has 2 atom stereocenters. The van der Waals surface area contributed by atoms with Crippen molar-refractivity contribution in [3.05, 3.63) is 0 Å². The van der Waals surface area contributed by atoms with Gasteiger partial charge in [0.1, 0.15) is 6.04 Å². The van der Waals surface area contributed by atoms with Gasteiger partial charge in [0.15, 0.2) is 0 Å². The molecule has 0 spiro atoms. The average Bonchev–Trinajstić information content (AvgIpc) is 3.14. The minimum absolute atomic E-state index is 0.0658. The van der Waals surface area contributed by atoms with Gasteiger partial charge in [-0.05, 0) is 37.6 Å². The fraction of sp³-hybridized carbons (Fsp3) is 0.800. The maximum atomic E-state index is 12.5. The fourth-order valence-electron chi connectivity index (χ4n) is 3.85. The molecule has 0 aromatic rings. The zero-order valence-electron chi connectivity index (χ0n) is 12.5. The van der Waals surface area contributed by atoms with Crippen molar-refractivity contribution < 1.29 is 19.5 Å². The van der Waals surface area contributed by atoms with Crippen molar-refractivity contribution in [1.82, 2.24) is 9.80 Å². The van der Waals surface area contributed by atoms with Gasteiger partial charge in [0.05, 0.1) is 12.5 Å². The third kappa shape index (κ3) is 2.35. The lowest BCUT2D eigenvalue weighted by atomic mass is 9.75. The Morgan fingerprint density at radius 2 is 1.95 bits per heavy atom. The minimum Gasteiger partial charge on any atom is -0.480 e. The number of likely N-dealkylation sites (tertiary alicyclic amines) is 2. The van der Waals surface area contributed by atoms with E-state index in [1.165, 1.54) is 4.90 Å². The number of hydrogen-bond donors (Lipinski definition) is 1. The minimum atomic E-state index is -0.898. The summed E-state index contributed by atoms with van der Waals surface area (Å²) in [6, 6.07) is -1.22. The van der Waals surface area contributed by atoms with Crippen LogP contribution in [-0.4, -0.2) is 57.4 Å². The van der Waals surface area contributed by atoms with Crippen LogP contribution in [0, 0.1) is 5.41 Å². The predicted molar refractivity (Wildman–Crippen MR) is 74.4 cm³/mol. The molecule has 0 bridgehead atoms. The van der Waals surface area contributed by atoms with Crippen molar-refractivity contribution >= 4 is 17.8 Å². The zero-order chi connectivity index (χ0) is 15.4. The van der Waals surface area contributed by atoms with Crippen molar-refractivity contribution in [3.8, 4) is 0 Å². The largest absolute Gasteiger partial charge is 0.480 e. The van der Waals surface area contributed by atoms with E-state index in [0.29, 0.717) is 6.54 Å². The molecule has 21 heavy (non-hydrogen) atoms. The van der Waals surface area contributed by atoms with Gasteiger partial charge >= 0.3 is 5.97 Å². The molecule has 0 radical (unpaired) electrons. The predicted octanol–water partition coefficient (Wildman–Crippen LogP) is 0.851. The summed E-state index contributed by atoms with van der Waals surface area (Å²) in [6.07, 6.45) is 3.59. The summed E-state index contributed by atoms with van der Waals surface area (Å²) < 4.78 is 0. The number of carbonyl (C=O) groups is 3. The molecule has 2 saturated heterocycles. The molecule has 2 heterocycles. The number of hydrogen-bond acceptors (Lipinski definition) is 4. The number of amides is 2. The van der Waals surface area contributed by atoms with Crippen LogP contribution in [0.3, 0.4) is 0 Å². The molecule has 6 heteroatoms. The lowest BCUT2D eigenvalue weighted by Crippen LogP contribution is -2.59. The molecule has 3 fully saturated rings. The van der Waals surface area contributed by atoms with Crippen LogP contribution in [0.2, 0.25) is 0 Å². The second-order valence-electron chi connectivity index (χ2n) is 7.12. The molecule has 1 saturated carbocycles. The van der Waals surface area contributed by atoms with E-state index < -0.39 is 18.1 Å². The van der Waals surface area contributed by atoms with Crippen LogP contribution >= 0.6 is 0 Å². The molecular weight excluding hydrogens is 272 g/mol. The van der Waals surface area contributed by atoms with Crippen molar-refractivity contribution in [2.45, 2.75) is 64.1 Å². The highest BCUT2D eigenvalue weighted by molar-refractivity contribution is 6.06. The second-order valence-corrected chi connectivity index (χ2v) is 7.12. The number of carboxylic acids is 1. The van der Waals surface area contributed by atoms with Crippen molar-refractivity contribution in [3.63, 3.8) is 0 Å². The van der Waals surface area contributed by atoms with Gasteiger partial charge in [-0.1, -0.05) is 13.8 Å². The molecule has 0 aromatic carbocycles. The van der Waals surface area contributed by atoms with Crippen LogP contribution < -0.4 is 0 Å². The Bertz CT molecular complexity index is 498. The molecule has 1 N–H and O–H groups in total. The number of nitrogens with zero attached hydrogens (tertiary/aromatic N) is 2. The van der Waals surface area contributed by atoms with Gasteiger partial charge in [-0.15, -0.1) is 0 Å². The summed E-state index contributed by atoms with van der Waals surface area (Å²) in [5.74, 6) is -1.23. The summed E-state index contributed by atoms with van der Waals surface area (Å²) in [5.41, 5.74) is -0.388. The Hall–Kier alpha value is -1.43. The van der Waals surface area contributed by atoms with E-state index >= 15 is 0 Å². The summed E-state index contributed by atoms with van der Waals surface area (Å²) in [4.78, 5) is 39.5. The van der Waals surface area contributed by atoms with Crippen molar-refractivity contribution in [2.75, 3.05) is 6.54 Å². The van der Waals surface area contributed by atoms with Gasteiger partial charge in [-0.2, -0.15) is 0 Å². The number of carboxylic acid groups (broad SMARTS) is 1. The Labute approximate surface area is 124 Å². The van der Waals surface area contributed by atoms with E-state index in [1.807, 2.05) is 13.8 Å². The first kappa shape index (κ1) is 14.5. The number of imide groups is 1. The van der Waals surface area contributed by atoms with E-state index in [1.54, 1.807) is 4.90 Å². The van der Waals surface area contributed by atoms with Gasteiger partial charge in [-0.3, -0.25) is 24.2 Å². The Morgan fingerprint density at radius 1 is 1.29 bits per heavy atom. The Morgan fingerprint density at radius 3 is 2.52 bits per heavy atom. The Kier molecular flexibility index (Phi) is 3.31. The maximum Gasteiger partial charge on any atom is 0.321 e. The topological polar surface area (TPSA) is 77.9 Å². The smallest absolute Gasteiger partial charge is 0.321 e. The highest BCUT2D eigenvalue weighted by Crippen LogP contribution is 2.40. The highest BCUT2D eigenvalue weighted by atomic mass is 16.4. The molecule has 6 nitrogen and oxygen atoms in total. The molecule has 3 aliphatic rings. The van der Waals surface area contributed by atoms with Crippen LogP contribution in [0.15, 0.2) is 0 Å². The maximum absolute atomic E-state index is 12.5. The van der Waals surface area contributed by atoms with Crippen LogP contribution in [-0.2, 0) is 14.4 Å². The van der Waals surface area contributed by atoms with Crippen LogP contribution in [0.5, 0.6) is 0 Å². The molecule has 2 unspecified atom stereocenters. The second kappa shape index (κ2) is 4.80. The SMILES string of the molecule is CC1(C)CCCN(C2CC(=O)N(C3CC3)C2=O)C1C(=O)O. The monoisotopic (exact) mass is 294 g/mol. The first-order chi connectivity index (χ1) is 9.83. The lowest BCUT2D eigenvalue weighted by molar-refractivity contribution is -0.154. The highest BCUT2D eigenvalue weighted by Gasteiger charge is 2.53. The van der Waals surface area contributed by atoms with Crippen molar-refractivity contribution in [2.24, 2.45) is 5.41 Å². The van der Waals surface area contributed by atoms with E-state index in [-0.39, 0.29) is 29.7 Å². The zero-order valence-corrected chi connectivity index (χ0v) is 12.5. The van der Waals surface area contributed by atoms with Gasteiger partial charge in [0.2, 0.25) is 11.8 Å². The van der Waals surface area contributed by atoms with E-state index in [4.69, 9.17) is 0 Å². The lowest BCUT2D eigenvalue weighted by Gasteiger charge is -2.45. The van der Waals surface area contributed by atoms with Crippen LogP contribution in [0.1, 0.15) is 46.0 Å². The first-order valence-corrected chi connectivity index (χ1v) is 7.67. The van der Waals surface area contributed by atoms with Gasteiger partial charge < -0.3 is 5.11 Å². The quantitative estimate of drug-likeness (QED) is 0.781. The molecular formula is C15H22N2O4. The van der Waals surface area contributed by atoms with E-state index in [0.717, 1.165) is 25.7 Å². The Balaban J connectivity index is 1.86. The molecule has 3 rings (SSSR count). The van der Waals surface area contributed by atoms with Gasteiger partial charge in [0, 0.05) is 6.04 Å². The van der Waals surface area contributed by atoms with E-state index in [9.17, 15) is 19.5 Å². The third-order valence-electron chi connectivity index (χ3n) is 5.01. The molecule has 1 aliphatic carbocycles. The first-order valence-electron chi connectivity index (χ1n) is 7.67.